The van der Waals surface area contributed by atoms with Gasteiger partial charge in [-0.15, -0.1) is 0 Å². The van der Waals surface area contributed by atoms with E-state index in [1.807, 2.05) is 5.41 Å². The Morgan fingerprint density at radius 2 is 1.83 bits per heavy atom. The Morgan fingerprint density at radius 3 is 2.58 bits per heavy atom. The molecule has 3 heteroatoms. The lowest BCUT2D eigenvalue weighted by Gasteiger charge is -2.11. The molecular weight excluding hydrogens is 172 g/mol. The number of carbonyl (C=O) groups is 2. The van der Waals surface area contributed by atoms with E-state index in [0.29, 0.717) is 10.4 Å². The van der Waals surface area contributed by atoms with Crippen LogP contribution in [0.2, 0.25) is 0 Å². The topological polar surface area (TPSA) is 34.1 Å². The molecule has 0 fully saturated rings. The lowest BCUT2D eigenvalue weighted by molar-refractivity contribution is -0.113. The highest BCUT2D eigenvalue weighted by Crippen LogP contribution is 2.17. The van der Waals surface area contributed by atoms with Gasteiger partial charge in [0.2, 0.25) is 0 Å². The summed E-state index contributed by atoms with van der Waals surface area (Å²) in [6.45, 7) is 0. The Labute approximate surface area is 73.2 Å². The first-order chi connectivity index (χ1) is 5.79. The molecule has 0 N–H and O–H groups in total. The summed E-state index contributed by atoms with van der Waals surface area (Å²) in [5.41, 5.74) is 0.548. The van der Waals surface area contributed by atoms with Crippen molar-refractivity contribution >= 4 is 27.8 Å². The van der Waals surface area contributed by atoms with E-state index in [0.717, 1.165) is 11.4 Å². The third kappa shape index (κ3) is 1.02. The van der Waals surface area contributed by atoms with Gasteiger partial charge in [0.05, 0.1) is 4.86 Å². The van der Waals surface area contributed by atoms with Gasteiger partial charge in [0.15, 0.2) is 11.6 Å². The van der Waals surface area contributed by atoms with Crippen molar-refractivity contribution in [1.82, 2.24) is 0 Å². The maximum Gasteiger partial charge on any atom is 0.192 e. The zero-order valence-corrected chi connectivity index (χ0v) is 7.04. The number of hydrogen-bond donors (Lipinski definition) is 1. The minimum absolute atomic E-state index is 0.0492. The number of carbonyl (C=O) groups excluding carboxylic acids is 2. The third-order valence-electron chi connectivity index (χ3n) is 1.69. The van der Waals surface area contributed by atoms with E-state index in [-0.39, 0.29) is 11.6 Å². The van der Waals surface area contributed by atoms with E-state index in [1.165, 1.54) is 12.2 Å². The molecule has 0 bridgehead atoms. The van der Waals surface area contributed by atoms with Crippen molar-refractivity contribution in [3.05, 3.63) is 35.3 Å². The van der Waals surface area contributed by atoms with Gasteiger partial charge in [0.25, 0.3) is 0 Å². The number of rotatable bonds is 0. The molecule has 0 unspecified atom stereocenters. The predicted molar refractivity (Wildman–Crippen MR) is 50.4 cm³/mol. The van der Waals surface area contributed by atoms with Crippen molar-refractivity contribution < 1.29 is 9.59 Å². The molecule has 1 aliphatic heterocycles. The fraction of sp³-hybridized carbons (Fsp3) is 0. The van der Waals surface area contributed by atoms with Gasteiger partial charge in [-0.05, 0) is 23.6 Å². The molecule has 1 heterocycles. The lowest BCUT2D eigenvalue weighted by Crippen LogP contribution is -2.23. The van der Waals surface area contributed by atoms with E-state index in [4.69, 9.17) is 0 Å². The molecule has 0 aromatic heterocycles. The van der Waals surface area contributed by atoms with E-state index in [9.17, 15) is 9.59 Å². The Hall–Kier alpha value is -1.22. The van der Waals surface area contributed by atoms with E-state index < -0.39 is 0 Å². The van der Waals surface area contributed by atoms with Crippen LogP contribution in [0.4, 0.5) is 0 Å². The van der Waals surface area contributed by atoms with Gasteiger partial charge in [-0.1, -0.05) is 6.08 Å². The smallest absolute Gasteiger partial charge is 0.192 e. The minimum Gasteiger partial charge on any atom is -0.289 e. The molecule has 0 saturated heterocycles. The molecule has 2 rings (SSSR count). The van der Waals surface area contributed by atoms with E-state index >= 15 is 0 Å². The molecule has 0 aromatic rings. The first kappa shape index (κ1) is 7.43. The monoisotopic (exact) mass is 178 g/mol. The van der Waals surface area contributed by atoms with Crippen molar-refractivity contribution in [1.29, 1.82) is 0 Å². The van der Waals surface area contributed by atoms with Gasteiger partial charge in [0.1, 0.15) is 0 Å². The Morgan fingerprint density at radius 1 is 1.08 bits per heavy atom. The summed E-state index contributed by atoms with van der Waals surface area (Å²) in [6, 6.07) is 0. The van der Waals surface area contributed by atoms with E-state index in [1.54, 1.807) is 12.2 Å². The molecule has 12 heavy (non-hydrogen) atoms. The second kappa shape index (κ2) is 2.68. The molecule has 0 radical (unpaired) electrons. The summed E-state index contributed by atoms with van der Waals surface area (Å²) in [5.74, 6) is -0.117. The standard InChI is InChI=1S/C9H6O2S/c10-7-3-4-8(11)9-6(7)2-1-5-12-9/h1-5,12H. The van der Waals surface area contributed by atoms with Crippen molar-refractivity contribution in [3.8, 4) is 0 Å². The lowest BCUT2D eigenvalue weighted by atomic mass is 9.98. The van der Waals surface area contributed by atoms with Gasteiger partial charge in [0, 0.05) is 5.57 Å². The fourth-order valence-corrected chi connectivity index (χ4v) is 1.97. The Kier molecular flexibility index (Phi) is 1.66. The van der Waals surface area contributed by atoms with Crippen LogP contribution in [0.3, 0.4) is 0 Å². The fourth-order valence-electron chi connectivity index (χ4n) is 1.12. The number of allylic oxidation sites excluding steroid dienone is 5. The van der Waals surface area contributed by atoms with Crippen molar-refractivity contribution in [2.45, 2.75) is 0 Å². The predicted octanol–water partition coefficient (Wildman–Crippen LogP) is 0.786. The van der Waals surface area contributed by atoms with Crippen LogP contribution in [-0.4, -0.2) is 16.4 Å². The second-order valence-corrected chi connectivity index (χ2v) is 3.46. The van der Waals surface area contributed by atoms with Gasteiger partial charge in [-0.3, -0.25) is 9.59 Å². The van der Waals surface area contributed by atoms with Gasteiger partial charge in [-0.2, -0.15) is 11.4 Å². The SMILES string of the molecule is O=C1C=CC(=O)C2=[SH]C=CC=C12. The normalized spacial score (nSPS) is 21.0. The number of hydrogen-bond acceptors (Lipinski definition) is 2. The van der Waals surface area contributed by atoms with Crippen LogP contribution < -0.4 is 0 Å². The number of fused-ring (bicyclic) bond motifs is 1. The third-order valence-corrected chi connectivity index (χ3v) is 2.73. The van der Waals surface area contributed by atoms with E-state index in [2.05, 4.69) is 0 Å². The zero-order valence-electron chi connectivity index (χ0n) is 6.15. The summed E-state index contributed by atoms with van der Waals surface area (Å²) in [4.78, 5) is 23.0. The number of thiol groups is 1. The molecule has 2 nitrogen and oxygen atoms in total. The second-order valence-electron chi connectivity index (χ2n) is 2.46. The quantitative estimate of drug-likeness (QED) is 0.439. The van der Waals surface area contributed by atoms with Crippen LogP contribution in [0.15, 0.2) is 35.3 Å². The van der Waals surface area contributed by atoms with Crippen molar-refractivity contribution in [3.63, 3.8) is 0 Å². The molecule has 0 spiro atoms. The maximum absolute atomic E-state index is 11.2. The average Bonchev–Trinajstić information content (AvgIpc) is 2.12. The largest absolute Gasteiger partial charge is 0.289 e. The number of ketones is 2. The minimum atomic E-state index is -0.0681. The van der Waals surface area contributed by atoms with Gasteiger partial charge in [-0.25, -0.2) is 0 Å². The molecule has 0 atom stereocenters. The Bertz CT molecular complexity index is 347. The summed E-state index contributed by atoms with van der Waals surface area (Å²) in [5, 5.41) is 1.85. The zero-order chi connectivity index (χ0) is 8.55. The maximum atomic E-state index is 11.2. The summed E-state index contributed by atoms with van der Waals surface area (Å²) in [6.07, 6.45) is 6.15. The molecular formula is C9H6O2S. The van der Waals surface area contributed by atoms with Crippen LogP contribution in [0, 0.1) is 0 Å². The van der Waals surface area contributed by atoms with Crippen LogP contribution in [0.1, 0.15) is 0 Å². The van der Waals surface area contributed by atoms with Crippen LogP contribution in [0.25, 0.3) is 0 Å². The summed E-state index contributed by atoms with van der Waals surface area (Å²) >= 11 is 0.824. The van der Waals surface area contributed by atoms with Crippen LogP contribution >= 0.6 is 11.4 Å². The highest BCUT2D eigenvalue weighted by Gasteiger charge is 2.22. The molecule has 2 aliphatic rings. The molecule has 0 amide bonds. The summed E-state index contributed by atoms with van der Waals surface area (Å²) in [7, 11) is 0. The van der Waals surface area contributed by atoms with Crippen LogP contribution in [0.5, 0.6) is 0 Å². The highest BCUT2D eigenvalue weighted by atomic mass is 32.1. The average molecular weight is 178 g/mol. The van der Waals surface area contributed by atoms with Crippen molar-refractivity contribution in [2.75, 3.05) is 0 Å². The summed E-state index contributed by atoms with van der Waals surface area (Å²) < 4.78 is 0. The van der Waals surface area contributed by atoms with Crippen LogP contribution in [-0.2, 0) is 9.59 Å². The van der Waals surface area contributed by atoms with Crippen molar-refractivity contribution in [2.24, 2.45) is 0 Å². The molecule has 1 aliphatic carbocycles. The van der Waals surface area contributed by atoms with Gasteiger partial charge < -0.3 is 0 Å². The highest BCUT2D eigenvalue weighted by molar-refractivity contribution is 8.03. The first-order valence-corrected chi connectivity index (χ1v) is 4.47. The molecule has 0 aromatic carbocycles. The Balaban J connectivity index is 2.61. The molecule has 0 saturated carbocycles. The molecule has 60 valence electrons. The van der Waals surface area contributed by atoms with Gasteiger partial charge >= 0.3 is 0 Å². The first-order valence-electron chi connectivity index (χ1n) is 3.51.